The highest BCUT2D eigenvalue weighted by Crippen LogP contribution is 2.27. The summed E-state index contributed by atoms with van der Waals surface area (Å²) in [6, 6.07) is 19.5. The molecule has 1 N–H and O–H groups in total. The quantitative estimate of drug-likeness (QED) is 0.276. The van der Waals surface area contributed by atoms with Crippen molar-refractivity contribution in [3.8, 4) is 5.75 Å². The van der Waals surface area contributed by atoms with E-state index in [-0.39, 0.29) is 18.3 Å². The predicted molar refractivity (Wildman–Crippen MR) is 133 cm³/mol. The first-order valence-corrected chi connectivity index (χ1v) is 11.3. The summed E-state index contributed by atoms with van der Waals surface area (Å²) >= 11 is 24.7. The number of amides is 1. The summed E-state index contributed by atoms with van der Waals surface area (Å²) in [6.07, 6.45) is 1.60. The van der Waals surface area contributed by atoms with Crippen LogP contribution in [0.15, 0.2) is 72.9 Å². The van der Waals surface area contributed by atoms with Crippen molar-refractivity contribution in [2.45, 2.75) is 13.2 Å². The maximum Gasteiger partial charge on any atom is 0.256 e. The molecule has 0 aliphatic heterocycles. The van der Waals surface area contributed by atoms with Crippen LogP contribution in [0.3, 0.4) is 0 Å². The zero-order chi connectivity index (χ0) is 23.4. The lowest BCUT2D eigenvalue weighted by atomic mass is 10.1. The predicted octanol–water partition coefficient (Wildman–Crippen LogP) is 7.38. The number of rotatable bonds is 7. The van der Waals surface area contributed by atoms with E-state index < -0.39 is 0 Å². The Morgan fingerprint density at radius 1 is 0.909 bits per heavy atom. The van der Waals surface area contributed by atoms with Gasteiger partial charge in [-0.25, -0.2) is 0 Å². The molecule has 1 amide bonds. The SMILES string of the molecule is O=C(Nc1nn(Cc2c(Cl)cccc2Cl)cc1Cl)c1cccc(COc2cccc(Cl)c2)c1. The van der Waals surface area contributed by atoms with Gasteiger partial charge in [0.2, 0.25) is 0 Å². The van der Waals surface area contributed by atoms with Crippen LogP contribution in [0, 0.1) is 0 Å². The Labute approximate surface area is 210 Å². The third-order valence-corrected chi connectivity index (χ3v) is 5.94. The molecular weight excluding hydrogens is 504 g/mol. The zero-order valence-corrected chi connectivity index (χ0v) is 20.1. The van der Waals surface area contributed by atoms with E-state index in [9.17, 15) is 4.79 Å². The molecular formula is C24H17Cl4N3O2. The van der Waals surface area contributed by atoms with E-state index in [0.29, 0.717) is 43.5 Å². The highest BCUT2D eigenvalue weighted by Gasteiger charge is 2.15. The third kappa shape index (κ3) is 6.01. The van der Waals surface area contributed by atoms with Gasteiger partial charge in [-0.3, -0.25) is 9.48 Å². The molecule has 1 aromatic heterocycles. The largest absolute Gasteiger partial charge is 0.489 e. The molecule has 3 aromatic carbocycles. The van der Waals surface area contributed by atoms with Gasteiger partial charge in [0, 0.05) is 32.4 Å². The number of nitrogens with one attached hydrogen (secondary N) is 1. The molecule has 1 heterocycles. The van der Waals surface area contributed by atoms with E-state index in [1.807, 2.05) is 18.2 Å². The number of carbonyl (C=O) groups is 1. The van der Waals surface area contributed by atoms with E-state index in [4.69, 9.17) is 51.1 Å². The molecule has 0 radical (unpaired) electrons. The Morgan fingerprint density at radius 2 is 1.64 bits per heavy atom. The van der Waals surface area contributed by atoms with Gasteiger partial charge in [0.15, 0.2) is 5.82 Å². The van der Waals surface area contributed by atoms with E-state index >= 15 is 0 Å². The van der Waals surface area contributed by atoms with Crippen LogP contribution >= 0.6 is 46.4 Å². The number of ether oxygens (including phenoxy) is 1. The van der Waals surface area contributed by atoms with Crippen LogP contribution in [-0.4, -0.2) is 15.7 Å². The normalized spacial score (nSPS) is 10.8. The lowest BCUT2D eigenvalue weighted by molar-refractivity contribution is 0.102. The minimum atomic E-state index is -0.345. The van der Waals surface area contributed by atoms with E-state index in [1.165, 1.54) is 0 Å². The average Bonchev–Trinajstić information content (AvgIpc) is 3.14. The van der Waals surface area contributed by atoms with Crippen molar-refractivity contribution in [1.82, 2.24) is 9.78 Å². The van der Waals surface area contributed by atoms with Gasteiger partial charge in [-0.05, 0) is 48.0 Å². The molecule has 0 saturated heterocycles. The van der Waals surface area contributed by atoms with Crippen molar-refractivity contribution in [1.29, 1.82) is 0 Å². The van der Waals surface area contributed by atoms with Crippen LogP contribution in [-0.2, 0) is 13.2 Å². The maximum absolute atomic E-state index is 12.8. The summed E-state index contributed by atoms with van der Waals surface area (Å²) in [5.74, 6) is 0.543. The van der Waals surface area contributed by atoms with Crippen molar-refractivity contribution in [2.24, 2.45) is 0 Å². The molecule has 0 bridgehead atoms. The fourth-order valence-corrected chi connectivity index (χ4v) is 4.01. The van der Waals surface area contributed by atoms with Gasteiger partial charge in [0.1, 0.15) is 17.4 Å². The smallest absolute Gasteiger partial charge is 0.256 e. The topological polar surface area (TPSA) is 56.2 Å². The maximum atomic E-state index is 12.8. The summed E-state index contributed by atoms with van der Waals surface area (Å²) in [6.45, 7) is 0.597. The van der Waals surface area contributed by atoms with Gasteiger partial charge < -0.3 is 10.1 Å². The van der Waals surface area contributed by atoms with Crippen LogP contribution < -0.4 is 10.1 Å². The van der Waals surface area contributed by atoms with Crippen molar-refractivity contribution < 1.29 is 9.53 Å². The number of halogens is 4. The van der Waals surface area contributed by atoms with Crippen molar-refractivity contribution in [3.05, 3.63) is 110 Å². The number of benzene rings is 3. The van der Waals surface area contributed by atoms with Gasteiger partial charge in [0.25, 0.3) is 5.91 Å². The molecule has 0 spiro atoms. The number of anilines is 1. The summed E-state index contributed by atoms with van der Waals surface area (Å²) in [5.41, 5.74) is 1.99. The van der Waals surface area contributed by atoms with Crippen LogP contribution in [0.4, 0.5) is 5.82 Å². The minimum absolute atomic E-state index is 0.241. The Balaban J connectivity index is 1.43. The van der Waals surface area contributed by atoms with Crippen molar-refractivity contribution >= 4 is 58.1 Å². The highest BCUT2D eigenvalue weighted by atomic mass is 35.5. The molecule has 0 aliphatic carbocycles. The van der Waals surface area contributed by atoms with Gasteiger partial charge in [-0.15, -0.1) is 0 Å². The fraction of sp³-hybridized carbons (Fsp3) is 0.0833. The van der Waals surface area contributed by atoms with Gasteiger partial charge in [-0.1, -0.05) is 70.7 Å². The van der Waals surface area contributed by atoms with Gasteiger partial charge in [0.05, 0.1) is 6.54 Å². The standard InChI is InChI=1S/C24H17Cl4N3O2/c25-17-6-2-7-18(11-17)33-14-15-4-1-5-16(10-15)24(32)29-23-22(28)13-31(30-23)12-19-20(26)8-3-9-21(19)27/h1-11,13H,12,14H2,(H,29,30,32). The first-order chi connectivity index (χ1) is 15.9. The molecule has 4 aromatic rings. The summed E-state index contributed by atoms with van der Waals surface area (Å²) in [7, 11) is 0. The average molecular weight is 521 g/mol. The molecule has 5 nitrogen and oxygen atoms in total. The van der Waals surface area contributed by atoms with Gasteiger partial charge >= 0.3 is 0 Å². The molecule has 168 valence electrons. The molecule has 4 rings (SSSR count). The van der Waals surface area contributed by atoms with E-state index in [2.05, 4.69) is 10.4 Å². The van der Waals surface area contributed by atoms with E-state index in [0.717, 1.165) is 5.56 Å². The highest BCUT2D eigenvalue weighted by molar-refractivity contribution is 6.36. The summed E-state index contributed by atoms with van der Waals surface area (Å²) < 4.78 is 7.32. The molecule has 9 heteroatoms. The Bertz CT molecular complexity index is 1290. The molecule has 33 heavy (non-hydrogen) atoms. The monoisotopic (exact) mass is 519 g/mol. The van der Waals surface area contributed by atoms with Crippen LogP contribution in [0.5, 0.6) is 5.75 Å². The first-order valence-electron chi connectivity index (χ1n) is 9.83. The lowest BCUT2D eigenvalue weighted by Crippen LogP contribution is -2.13. The molecule has 0 fully saturated rings. The summed E-state index contributed by atoms with van der Waals surface area (Å²) in [4.78, 5) is 12.8. The molecule has 0 unspecified atom stereocenters. The Kier molecular flexibility index (Phi) is 7.46. The van der Waals surface area contributed by atoms with Crippen LogP contribution in [0.2, 0.25) is 20.1 Å². The fourth-order valence-electron chi connectivity index (χ4n) is 3.11. The molecule has 0 atom stereocenters. The van der Waals surface area contributed by atoms with Crippen molar-refractivity contribution in [2.75, 3.05) is 5.32 Å². The number of hydrogen-bond acceptors (Lipinski definition) is 3. The van der Waals surface area contributed by atoms with Gasteiger partial charge in [-0.2, -0.15) is 5.10 Å². The zero-order valence-electron chi connectivity index (χ0n) is 17.1. The van der Waals surface area contributed by atoms with Crippen molar-refractivity contribution in [3.63, 3.8) is 0 Å². The Morgan fingerprint density at radius 3 is 2.39 bits per heavy atom. The first kappa shape index (κ1) is 23.5. The van der Waals surface area contributed by atoms with Crippen LogP contribution in [0.25, 0.3) is 0 Å². The second kappa shape index (κ2) is 10.5. The minimum Gasteiger partial charge on any atom is -0.489 e. The number of nitrogens with zero attached hydrogens (tertiary/aromatic N) is 2. The second-order valence-corrected chi connectivity index (χ2v) is 8.78. The number of hydrogen-bond donors (Lipinski definition) is 1. The molecule has 0 aliphatic rings. The van der Waals surface area contributed by atoms with Crippen LogP contribution in [0.1, 0.15) is 21.5 Å². The van der Waals surface area contributed by atoms with E-state index in [1.54, 1.807) is 59.4 Å². The molecule has 0 saturated carbocycles. The number of carbonyl (C=O) groups excluding carboxylic acids is 1. The lowest BCUT2D eigenvalue weighted by Gasteiger charge is -2.09. The summed E-state index contributed by atoms with van der Waals surface area (Å²) in [5, 5.41) is 9.04. The number of aromatic nitrogens is 2. The third-order valence-electron chi connectivity index (χ3n) is 4.72. The Hall–Kier alpha value is -2.70. The second-order valence-electron chi connectivity index (χ2n) is 7.12.